The minimum Gasteiger partial charge on any atom is -0.296 e. The standard InChI is InChI=1S/C12H16N2O/c1-8-6-11(15)14(7-9-2-3-9)12(13-8)10-4-5-10/h6,9-10H,2-5,7H2,1H3. The van der Waals surface area contributed by atoms with Gasteiger partial charge in [0.1, 0.15) is 5.82 Å². The minimum absolute atomic E-state index is 0.149. The van der Waals surface area contributed by atoms with E-state index in [-0.39, 0.29) is 5.56 Å². The zero-order valence-electron chi connectivity index (χ0n) is 9.07. The molecule has 1 heterocycles. The van der Waals surface area contributed by atoms with Gasteiger partial charge in [0.15, 0.2) is 0 Å². The molecule has 1 aromatic rings. The predicted molar refractivity (Wildman–Crippen MR) is 57.9 cm³/mol. The molecular formula is C12H16N2O. The van der Waals surface area contributed by atoms with E-state index >= 15 is 0 Å². The summed E-state index contributed by atoms with van der Waals surface area (Å²) in [5.74, 6) is 2.35. The van der Waals surface area contributed by atoms with E-state index < -0.39 is 0 Å². The van der Waals surface area contributed by atoms with Crippen molar-refractivity contribution in [1.29, 1.82) is 0 Å². The van der Waals surface area contributed by atoms with Gasteiger partial charge in [-0.25, -0.2) is 4.98 Å². The lowest BCUT2D eigenvalue weighted by atomic mass is 10.3. The number of nitrogens with zero attached hydrogens (tertiary/aromatic N) is 2. The third-order valence-electron chi connectivity index (χ3n) is 3.25. The number of hydrogen-bond donors (Lipinski definition) is 0. The molecule has 3 heteroatoms. The van der Waals surface area contributed by atoms with Crippen LogP contribution in [0.3, 0.4) is 0 Å². The van der Waals surface area contributed by atoms with Crippen molar-refractivity contribution < 1.29 is 0 Å². The van der Waals surface area contributed by atoms with E-state index in [1.807, 2.05) is 11.5 Å². The van der Waals surface area contributed by atoms with Gasteiger partial charge in [-0.3, -0.25) is 9.36 Å². The summed E-state index contributed by atoms with van der Waals surface area (Å²) in [6.07, 6.45) is 4.98. The molecule has 0 saturated heterocycles. The second-order valence-corrected chi connectivity index (χ2v) is 4.92. The second kappa shape index (κ2) is 3.19. The first kappa shape index (κ1) is 9.13. The molecule has 2 fully saturated rings. The molecule has 0 spiro atoms. The lowest BCUT2D eigenvalue weighted by Crippen LogP contribution is -2.25. The van der Waals surface area contributed by atoms with E-state index in [1.165, 1.54) is 25.7 Å². The fourth-order valence-electron chi connectivity index (χ4n) is 2.04. The van der Waals surface area contributed by atoms with Crippen molar-refractivity contribution in [3.05, 3.63) is 27.9 Å². The highest BCUT2D eigenvalue weighted by molar-refractivity contribution is 5.11. The smallest absolute Gasteiger partial charge is 0.253 e. The SMILES string of the molecule is Cc1cc(=O)n(CC2CC2)c(C2CC2)n1. The van der Waals surface area contributed by atoms with Crippen LogP contribution in [0.1, 0.15) is 43.1 Å². The Hall–Kier alpha value is -1.12. The van der Waals surface area contributed by atoms with Crippen LogP contribution >= 0.6 is 0 Å². The average molecular weight is 204 g/mol. The van der Waals surface area contributed by atoms with Crippen LogP contribution in [-0.2, 0) is 6.54 Å². The monoisotopic (exact) mass is 204 g/mol. The molecule has 3 nitrogen and oxygen atoms in total. The lowest BCUT2D eigenvalue weighted by Gasteiger charge is -2.11. The third-order valence-corrected chi connectivity index (χ3v) is 3.25. The molecule has 0 unspecified atom stereocenters. The normalized spacial score (nSPS) is 20.6. The van der Waals surface area contributed by atoms with Gasteiger partial charge < -0.3 is 0 Å². The first-order valence-electron chi connectivity index (χ1n) is 5.82. The molecule has 80 valence electrons. The minimum atomic E-state index is 0.149. The van der Waals surface area contributed by atoms with E-state index in [0.717, 1.165) is 24.0 Å². The predicted octanol–water partition coefficient (Wildman–Crippen LogP) is 1.84. The molecule has 1 aromatic heterocycles. The van der Waals surface area contributed by atoms with E-state index in [0.29, 0.717) is 5.92 Å². The highest BCUT2D eigenvalue weighted by Crippen LogP contribution is 2.39. The van der Waals surface area contributed by atoms with Gasteiger partial charge in [-0.15, -0.1) is 0 Å². The summed E-state index contributed by atoms with van der Waals surface area (Å²) >= 11 is 0. The number of aromatic nitrogens is 2. The molecule has 0 radical (unpaired) electrons. The van der Waals surface area contributed by atoms with Gasteiger partial charge in [0.05, 0.1) is 0 Å². The zero-order chi connectivity index (χ0) is 10.4. The lowest BCUT2D eigenvalue weighted by molar-refractivity contribution is 0.560. The summed E-state index contributed by atoms with van der Waals surface area (Å²) in [5.41, 5.74) is 1.02. The average Bonchev–Trinajstić information content (AvgIpc) is 2.99. The Labute approximate surface area is 89.2 Å². The van der Waals surface area contributed by atoms with Crippen molar-refractivity contribution in [1.82, 2.24) is 9.55 Å². The zero-order valence-corrected chi connectivity index (χ0v) is 9.07. The summed E-state index contributed by atoms with van der Waals surface area (Å²) in [4.78, 5) is 16.4. The molecular weight excluding hydrogens is 188 g/mol. The highest BCUT2D eigenvalue weighted by atomic mass is 16.1. The Morgan fingerprint density at radius 2 is 2.13 bits per heavy atom. The Kier molecular flexibility index (Phi) is 1.94. The van der Waals surface area contributed by atoms with Crippen molar-refractivity contribution in [3.8, 4) is 0 Å². The largest absolute Gasteiger partial charge is 0.296 e. The van der Waals surface area contributed by atoms with Gasteiger partial charge in [-0.05, 0) is 38.5 Å². The van der Waals surface area contributed by atoms with Gasteiger partial charge in [-0.1, -0.05) is 0 Å². The van der Waals surface area contributed by atoms with Crippen LogP contribution in [0.25, 0.3) is 0 Å². The van der Waals surface area contributed by atoms with Crippen LogP contribution in [0, 0.1) is 12.8 Å². The van der Waals surface area contributed by atoms with Crippen LogP contribution in [-0.4, -0.2) is 9.55 Å². The first-order chi connectivity index (χ1) is 7.24. The maximum atomic E-state index is 11.9. The summed E-state index contributed by atoms with van der Waals surface area (Å²) in [7, 11) is 0. The fraction of sp³-hybridized carbons (Fsp3) is 0.667. The van der Waals surface area contributed by atoms with Crippen molar-refractivity contribution in [2.75, 3.05) is 0 Å². The molecule has 2 aliphatic carbocycles. The molecule has 0 aliphatic heterocycles. The maximum absolute atomic E-state index is 11.9. The van der Waals surface area contributed by atoms with Gasteiger partial charge in [-0.2, -0.15) is 0 Å². The molecule has 0 N–H and O–H groups in total. The molecule has 2 aliphatic rings. The van der Waals surface area contributed by atoms with Crippen molar-refractivity contribution in [2.45, 2.75) is 45.1 Å². The van der Waals surface area contributed by atoms with Crippen LogP contribution in [0.4, 0.5) is 0 Å². The second-order valence-electron chi connectivity index (χ2n) is 4.92. The first-order valence-corrected chi connectivity index (χ1v) is 5.82. The molecule has 3 rings (SSSR count). The number of aryl methyl sites for hydroxylation is 1. The Morgan fingerprint density at radius 1 is 1.40 bits per heavy atom. The van der Waals surface area contributed by atoms with Crippen molar-refractivity contribution in [2.24, 2.45) is 5.92 Å². The number of rotatable bonds is 3. The fourth-order valence-corrected chi connectivity index (χ4v) is 2.04. The summed E-state index contributed by atoms with van der Waals surface area (Å²) in [6.45, 7) is 2.81. The molecule has 0 atom stereocenters. The van der Waals surface area contributed by atoms with Crippen LogP contribution in [0.5, 0.6) is 0 Å². The summed E-state index contributed by atoms with van der Waals surface area (Å²) in [6, 6.07) is 1.66. The molecule has 2 saturated carbocycles. The Bertz CT molecular complexity index is 441. The third kappa shape index (κ3) is 1.83. The summed E-state index contributed by atoms with van der Waals surface area (Å²) < 4.78 is 1.92. The van der Waals surface area contributed by atoms with E-state index in [1.54, 1.807) is 6.07 Å². The molecule has 0 bridgehead atoms. The van der Waals surface area contributed by atoms with Gasteiger partial charge in [0.2, 0.25) is 0 Å². The molecule has 0 amide bonds. The topological polar surface area (TPSA) is 34.9 Å². The maximum Gasteiger partial charge on any atom is 0.253 e. The Balaban J connectivity index is 2.02. The van der Waals surface area contributed by atoms with E-state index in [9.17, 15) is 4.79 Å². The van der Waals surface area contributed by atoms with Crippen LogP contribution < -0.4 is 5.56 Å². The van der Waals surface area contributed by atoms with Gasteiger partial charge >= 0.3 is 0 Å². The summed E-state index contributed by atoms with van der Waals surface area (Å²) in [5, 5.41) is 0. The van der Waals surface area contributed by atoms with Crippen LogP contribution in [0.2, 0.25) is 0 Å². The van der Waals surface area contributed by atoms with Crippen molar-refractivity contribution in [3.63, 3.8) is 0 Å². The number of hydrogen-bond acceptors (Lipinski definition) is 2. The van der Waals surface area contributed by atoms with E-state index in [4.69, 9.17) is 0 Å². The van der Waals surface area contributed by atoms with Crippen molar-refractivity contribution >= 4 is 0 Å². The quantitative estimate of drug-likeness (QED) is 0.753. The van der Waals surface area contributed by atoms with E-state index in [2.05, 4.69) is 4.98 Å². The highest BCUT2D eigenvalue weighted by Gasteiger charge is 2.31. The van der Waals surface area contributed by atoms with Crippen LogP contribution in [0.15, 0.2) is 10.9 Å². The van der Waals surface area contributed by atoms with Gasteiger partial charge in [0.25, 0.3) is 5.56 Å². The Morgan fingerprint density at radius 3 is 2.73 bits per heavy atom. The molecule has 0 aromatic carbocycles. The van der Waals surface area contributed by atoms with Gasteiger partial charge in [0, 0.05) is 24.2 Å². The molecule has 15 heavy (non-hydrogen) atoms.